The molecule has 2 N–H and O–H groups in total. The summed E-state index contributed by atoms with van der Waals surface area (Å²) in [5.74, 6) is -0.274. The molecule has 1 atom stereocenters. The van der Waals surface area contributed by atoms with Crippen molar-refractivity contribution in [2.24, 2.45) is 5.92 Å². The molecule has 1 unspecified atom stereocenters. The number of nitrogens with one attached hydrogen (secondary N) is 1. The highest BCUT2D eigenvalue weighted by Gasteiger charge is 2.35. The van der Waals surface area contributed by atoms with E-state index in [9.17, 15) is 9.18 Å². The molecule has 0 radical (unpaired) electrons. The fourth-order valence-corrected chi connectivity index (χ4v) is 1.80. The summed E-state index contributed by atoms with van der Waals surface area (Å²) in [4.78, 5) is 10.9. The third-order valence-corrected chi connectivity index (χ3v) is 2.91. The zero-order valence-electron chi connectivity index (χ0n) is 9.93. The summed E-state index contributed by atoms with van der Waals surface area (Å²) in [7, 11) is 0. The van der Waals surface area contributed by atoms with Crippen molar-refractivity contribution in [1.82, 2.24) is 5.32 Å². The van der Waals surface area contributed by atoms with Crippen LogP contribution in [0.3, 0.4) is 0 Å². The second-order valence-corrected chi connectivity index (χ2v) is 4.41. The third-order valence-electron chi connectivity index (χ3n) is 2.91. The Morgan fingerprint density at radius 1 is 1.44 bits per heavy atom. The van der Waals surface area contributed by atoms with Crippen LogP contribution >= 0.6 is 0 Å². The largest absolute Gasteiger partial charge is 0.492 e. The number of hydrogen-bond acceptors (Lipinski definition) is 3. The first-order valence-corrected chi connectivity index (χ1v) is 6.01. The summed E-state index contributed by atoms with van der Waals surface area (Å²) in [6.45, 7) is 0.826. The molecule has 18 heavy (non-hydrogen) atoms. The molecule has 0 heterocycles. The lowest BCUT2D eigenvalue weighted by Gasteiger charge is -2.13. The van der Waals surface area contributed by atoms with Gasteiger partial charge in [0.2, 0.25) is 0 Å². The number of benzene rings is 1. The van der Waals surface area contributed by atoms with Gasteiger partial charge >= 0.3 is 5.97 Å². The van der Waals surface area contributed by atoms with Crippen molar-refractivity contribution in [3.05, 3.63) is 30.1 Å². The fraction of sp³-hybridized carbons (Fsp3) is 0.462. The minimum Gasteiger partial charge on any atom is -0.492 e. The molecule has 1 aromatic carbocycles. The van der Waals surface area contributed by atoms with Crippen LogP contribution in [0.2, 0.25) is 0 Å². The first-order chi connectivity index (χ1) is 8.66. The minimum absolute atomic E-state index is 0.258. The normalized spacial score (nSPS) is 16.3. The van der Waals surface area contributed by atoms with E-state index in [2.05, 4.69) is 5.32 Å². The molecule has 0 bridgehead atoms. The highest BCUT2D eigenvalue weighted by Crippen LogP contribution is 2.32. The van der Waals surface area contributed by atoms with E-state index < -0.39 is 12.0 Å². The Bertz CT molecular complexity index is 403. The smallest absolute Gasteiger partial charge is 0.320 e. The molecular weight excluding hydrogens is 237 g/mol. The van der Waals surface area contributed by atoms with Gasteiger partial charge in [0.15, 0.2) is 0 Å². The maximum atomic E-state index is 12.6. The van der Waals surface area contributed by atoms with Crippen molar-refractivity contribution in [2.75, 3.05) is 13.2 Å². The summed E-state index contributed by atoms with van der Waals surface area (Å²) < 4.78 is 18.0. The third kappa shape index (κ3) is 3.70. The Kier molecular flexibility index (Phi) is 4.15. The second kappa shape index (κ2) is 5.82. The van der Waals surface area contributed by atoms with Gasteiger partial charge in [-0.1, -0.05) is 0 Å². The molecule has 1 fully saturated rings. The van der Waals surface area contributed by atoms with Crippen LogP contribution in [0, 0.1) is 11.7 Å². The minimum atomic E-state index is -0.806. The van der Waals surface area contributed by atoms with Crippen LogP contribution in [0.25, 0.3) is 0 Å². The Balaban J connectivity index is 1.68. The van der Waals surface area contributed by atoms with Gasteiger partial charge in [-0.25, -0.2) is 4.39 Å². The van der Waals surface area contributed by atoms with Crippen molar-refractivity contribution in [3.63, 3.8) is 0 Å². The quantitative estimate of drug-likeness (QED) is 0.725. The average Bonchev–Trinajstić information content (AvgIpc) is 3.15. The van der Waals surface area contributed by atoms with Crippen LogP contribution in [-0.2, 0) is 4.79 Å². The van der Waals surface area contributed by atoms with Crippen LogP contribution in [-0.4, -0.2) is 30.3 Å². The van der Waals surface area contributed by atoms with Crippen molar-refractivity contribution in [2.45, 2.75) is 18.9 Å². The Morgan fingerprint density at radius 3 is 2.67 bits per heavy atom. The van der Waals surface area contributed by atoms with Crippen LogP contribution in [0.4, 0.5) is 4.39 Å². The molecule has 0 saturated heterocycles. The van der Waals surface area contributed by atoms with Gasteiger partial charge in [-0.3, -0.25) is 4.79 Å². The van der Waals surface area contributed by atoms with Crippen LogP contribution in [0.5, 0.6) is 5.75 Å². The first-order valence-electron chi connectivity index (χ1n) is 6.01. The van der Waals surface area contributed by atoms with Gasteiger partial charge in [-0.05, 0) is 43.0 Å². The molecular formula is C13H16FNO3. The van der Waals surface area contributed by atoms with E-state index in [0.717, 1.165) is 12.8 Å². The number of carboxylic acid groups (broad SMARTS) is 1. The Hall–Kier alpha value is -1.62. The highest BCUT2D eigenvalue weighted by atomic mass is 19.1. The number of rotatable bonds is 7. The Labute approximate surface area is 105 Å². The topological polar surface area (TPSA) is 58.6 Å². The lowest BCUT2D eigenvalue weighted by atomic mass is 10.2. The van der Waals surface area contributed by atoms with E-state index in [0.29, 0.717) is 18.9 Å². The molecule has 5 heteroatoms. The lowest BCUT2D eigenvalue weighted by Crippen LogP contribution is -2.40. The number of ether oxygens (including phenoxy) is 1. The van der Waals surface area contributed by atoms with Crippen molar-refractivity contribution < 1.29 is 19.0 Å². The zero-order chi connectivity index (χ0) is 13.0. The second-order valence-electron chi connectivity index (χ2n) is 4.41. The van der Waals surface area contributed by atoms with Gasteiger partial charge in [0.05, 0.1) is 0 Å². The Morgan fingerprint density at radius 2 is 2.11 bits per heavy atom. The SMILES string of the molecule is O=C(O)C(NCCOc1ccc(F)cc1)C1CC1. The summed E-state index contributed by atoms with van der Waals surface area (Å²) in [5, 5.41) is 11.9. The van der Waals surface area contributed by atoms with Gasteiger partial charge in [-0.2, -0.15) is 0 Å². The highest BCUT2D eigenvalue weighted by molar-refractivity contribution is 5.74. The molecule has 4 nitrogen and oxygen atoms in total. The van der Waals surface area contributed by atoms with Gasteiger partial charge < -0.3 is 15.2 Å². The molecule has 0 spiro atoms. The van der Waals surface area contributed by atoms with Gasteiger partial charge in [-0.15, -0.1) is 0 Å². The summed E-state index contributed by atoms with van der Waals surface area (Å²) in [5.41, 5.74) is 0. The van der Waals surface area contributed by atoms with Crippen LogP contribution in [0.15, 0.2) is 24.3 Å². The van der Waals surface area contributed by atoms with Crippen LogP contribution in [0.1, 0.15) is 12.8 Å². The monoisotopic (exact) mass is 253 g/mol. The molecule has 98 valence electrons. The average molecular weight is 253 g/mol. The van der Waals surface area contributed by atoms with Crippen LogP contribution < -0.4 is 10.1 Å². The molecule has 1 aromatic rings. The molecule has 2 rings (SSSR count). The number of halogens is 1. The zero-order valence-corrected chi connectivity index (χ0v) is 9.93. The van der Waals surface area contributed by atoms with E-state index in [1.54, 1.807) is 12.1 Å². The molecule has 1 aliphatic rings. The van der Waals surface area contributed by atoms with Crippen molar-refractivity contribution in [3.8, 4) is 5.75 Å². The standard InChI is InChI=1S/C13H16FNO3/c14-10-3-5-11(6-4-10)18-8-7-15-12(13(16)17)9-1-2-9/h3-6,9,12,15H,1-2,7-8H2,(H,16,17). The number of aliphatic carboxylic acids is 1. The molecule has 1 aliphatic carbocycles. The summed E-state index contributed by atoms with van der Waals surface area (Å²) in [6.07, 6.45) is 1.95. The molecule has 0 aromatic heterocycles. The first kappa shape index (κ1) is 12.8. The molecule has 1 saturated carbocycles. The van der Waals surface area contributed by atoms with E-state index in [-0.39, 0.29) is 11.7 Å². The summed E-state index contributed by atoms with van der Waals surface area (Å²) >= 11 is 0. The van der Waals surface area contributed by atoms with E-state index >= 15 is 0 Å². The predicted octanol–water partition coefficient (Wildman–Crippen LogP) is 1.66. The van der Waals surface area contributed by atoms with Crippen molar-refractivity contribution in [1.29, 1.82) is 0 Å². The van der Waals surface area contributed by atoms with E-state index in [1.165, 1.54) is 12.1 Å². The number of carboxylic acids is 1. The van der Waals surface area contributed by atoms with Gasteiger partial charge in [0, 0.05) is 6.54 Å². The number of hydrogen-bond donors (Lipinski definition) is 2. The maximum Gasteiger partial charge on any atom is 0.320 e. The fourth-order valence-electron chi connectivity index (χ4n) is 1.80. The predicted molar refractivity (Wildman–Crippen MR) is 64.0 cm³/mol. The maximum absolute atomic E-state index is 12.6. The summed E-state index contributed by atoms with van der Waals surface area (Å²) in [6, 6.07) is 5.28. The lowest BCUT2D eigenvalue weighted by molar-refractivity contribution is -0.140. The van der Waals surface area contributed by atoms with Gasteiger partial charge in [0.1, 0.15) is 24.2 Å². The van der Waals surface area contributed by atoms with Gasteiger partial charge in [0.25, 0.3) is 0 Å². The molecule has 0 aliphatic heterocycles. The molecule has 0 amide bonds. The van der Waals surface area contributed by atoms with E-state index in [4.69, 9.17) is 9.84 Å². The van der Waals surface area contributed by atoms with Crippen molar-refractivity contribution >= 4 is 5.97 Å². The number of carbonyl (C=O) groups is 1. The van der Waals surface area contributed by atoms with E-state index in [1.807, 2.05) is 0 Å².